The summed E-state index contributed by atoms with van der Waals surface area (Å²) >= 11 is 1.63. The van der Waals surface area contributed by atoms with E-state index in [9.17, 15) is 29.7 Å². The Kier molecular flexibility index (Phi) is 21.0. The van der Waals surface area contributed by atoms with Crippen molar-refractivity contribution < 1.29 is 29.7 Å². The van der Waals surface area contributed by atoms with E-state index >= 15 is 0 Å². The molecular weight excluding hydrogens is 907 g/mol. The third kappa shape index (κ3) is 16.3. The first-order chi connectivity index (χ1) is 33.5. The predicted molar refractivity (Wildman–Crippen MR) is 292 cm³/mol. The van der Waals surface area contributed by atoms with Gasteiger partial charge in [0, 0.05) is 70.9 Å². The van der Waals surface area contributed by atoms with Gasteiger partial charge in [-0.2, -0.15) is 0 Å². The number of carbonyl (C=O) groups excluding carboxylic acids is 3. The average molecular weight is 984 g/mol. The average Bonchev–Trinajstić information content (AvgIpc) is 3.87. The summed E-state index contributed by atoms with van der Waals surface area (Å²) in [7, 11) is 0. The molecule has 6 aromatic rings. The summed E-state index contributed by atoms with van der Waals surface area (Å²) in [6.07, 6.45) is 11.0. The molecule has 0 bridgehead atoms. The summed E-state index contributed by atoms with van der Waals surface area (Å²) < 4.78 is 0. The molecule has 0 fully saturated rings. The lowest BCUT2D eigenvalue weighted by Gasteiger charge is -2.23. The molecule has 0 saturated heterocycles. The van der Waals surface area contributed by atoms with Crippen LogP contribution in [0.15, 0.2) is 103 Å². The first-order valence-electron chi connectivity index (χ1n) is 24.9. The van der Waals surface area contributed by atoms with Gasteiger partial charge in [0.1, 0.15) is 17.2 Å². The molecule has 3 heterocycles. The Hall–Kier alpha value is -6.53. The number of nitrogens with zero attached hydrogens (tertiary/aromatic N) is 2. The lowest BCUT2D eigenvalue weighted by molar-refractivity contribution is 0.0941. The highest BCUT2D eigenvalue weighted by Crippen LogP contribution is 2.40. The Bertz CT molecular complexity index is 2540. The van der Waals surface area contributed by atoms with Crippen LogP contribution in [-0.4, -0.2) is 62.6 Å². The molecule has 0 unspecified atom stereocenters. The number of pyridine rings is 2. The number of thiophene rings is 1. The first kappa shape index (κ1) is 57.1. The standard InChI is InChI=1S/2C20H26N2O2.C19H25NO2S/c1-5-6-10-22-19(24)16-11-15(14-8-7-9-21-13-14)12-17(18(16)23)20(2,3)4;1-5-6-10-22-19(24)15-12-14(17-9-7-8-11-21-17)13-16(18(15)23)20(2,3)4;1-5-6-9-20-18(22)14-11-13(16-8-7-10-23-16)12-15(17(14)21)19(2,3)4/h2*7-9,11-13,23H,5-6,10H2,1-4H3,(H,22,24);7-8,10-12,21H,5-6,9H2,1-4H3,(H,20,22). The molecule has 3 aromatic heterocycles. The molecular formula is C59H77N5O6S. The minimum atomic E-state index is -0.284. The molecule has 380 valence electrons. The van der Waals surface area contributed by atoms with Gasteiger partial charge >= 0.3 is 0 Å². The van der Waals surface area contributed by atoms with Crippen LogP contribution in [0.25, 0.3) is 32.8 Å². The molecule has 71 heavy (non-hydrogen) atoms. The van der Waals surface area contributed by atoms with Crippen LogP contribution in [0.5, 0.6) is 17.2 Å². The van der Waals surface area contributed by atoms with Crippen molar-refractivity contribution in [1.29, 1.82) is 0 Å². The molecule has 6 N–H and O–H groups in total. The fraction of sp³-hybridized carbons (Fsp3) is 0.407. The summed E-state index contributed by atoms with van der Waals surface area (Å²) in [5.41, 5.74) is 6.86. The van der Waals surface area contributed by atoms with Crippen LogP contribution in [0.1, 0.15) is 169 Å². The smallest absolute Gasteiger partial charge is 0.255 e. The molecule has 0 saturated carbocycles. The van der Waals surface area contributed by atoms with Crippen molar-refractivity contribution in [2.24, 2.45) is 0 Å². The number of carbonyl (C=O) groups is 3. The summed E-state index contributed by atoms with van der Waals surface area (Å²) in [5.74, 6) is -0.492. The number of hydrogen-bond acceptors (Lipinski definition) is 9. The normalized spacial score (nSPS) is 11.4. The molecule has 0 aliphatic rings. The van der Waals surface area contributed by atoms with E-state index in [1.54, 1.807) is 48.1 Å². The summed E-state index contributed by atoms with van der Waals surface area (Å²) in [5, 5.41) is 42.6. The maximum Gasteiger partial charge on any atom is 0.255 e. The largest absolute Gasteiger partial charge is 0.507 e. The van der Waals surface area contributed by atoms with Crippen molar-refractivity contribution in [3.63, 3.8) is 0 Å². The minimum absolute atomic E-state index is 0.0520. The molecule has 3 aromatic carbocycles. The number of benzene rings is 3. The van der Waals surface area contributed by atoms with Gasteiger partial charge in [-0.3, -0.25) is 24.4 Å². The van der Waals surface area contributed by atoms with Gasteiger partial charge in [-0.1, -0.05) is 121 Å². The molecule has 11 nitrogen and oxygen atoms in total. The van der Waals surface area contributed by atoms with E-state index in [-0.39, 0.29) is 51.2 Å². The molecule has 3 amide bonds. The van der Waals surface area contributed by atoms with Crippen LogP contribution >= 0.6 is 11.3 Å². The van der Waals surface area contributed by atoms with Crippen LogP contribution < -0.4 is 16.0 Å². The van der Waals surface area contributed by atoms with Crippen LogP contribution in [-0.2, 0) is 16.2 Å². The number of aromatic nitrogens is 2. The number of rotatable bonds is 15. The van der Waals surface area contributed by atoms with Crippen LogP contribution in [0.2, 0.25) is 0 Å². The fourth-order valence-electron chi connectivity index (χ4n) is 7.53. The van der Waals surface area contributed by atoms with Crippen LogP contribution in [0.3, 0.4) is 0 Å². The second-order valence-electron chi connectivity index (χ2n) is 20.8. The molecule has 0 atom stereocenters. The van der Waals surface area contributed by atoms with Gasteiger partial charge in [0.15, 0.2) is 0 Å². The Morgan fingerprint density at radius 2 is 0.944 bits per heavy atom. The van der Waals surface area contributed by atoms with Crippen LogP contribution in [0.4, 0.5) is 0 Å². The highest BCUT2D eigenvalue weighted by molar-refractivity contribution is 7.13. The van der Waals surface area contributed by atoms with Gasteiger partial charge in [0.2, 0.25) is 0 Å². The van der Waals surface area contributed by atoms with Crippen molar-refractivity contribution in [1.82, 2.24) is 25.9 Å². The summed E-state index contributed by atoms with van der Waals surface area (Å²) in [6, 6.07) is 24.6. The summed E-state index contributed by atoms with van der Waals surface area (Å²) in [6.45, 7) is 26.3. The van der Waals surface area contributed by atoms with E-state index in [0.29, 0.717) is 36.3 Å². The van der Waals surface area contributed by atoms with E-state index in [4.69, 9.17) is 0 Å². The van der Waals surface area contributed by atoms with Gasteiger partial charge in [0.25, 0.3) is 17.7 Å². The number of hydrogen-bond donors (Lipinski definition) is 6. The fourth-order valence-corrected chi connectivity index (χ4v) is 8.24. The van der Waals surface area contributed by atoms with Crippen molar-refractivity contribution in [2.45, 2.75) is 138 Å². The van der Waals surface area contributed by atoms with Gasteiger partial charge in [-0.25, -0.2) is 0 Å². The Balaban J connectivity index is 0.000000231. The van der Waals surface area contributed by atoms with E-state index in [0.717, 1.165) is 88.0 Å². The van der Waals surface area contributed by atoms with E-state index < -0.39 is 0 Å². The van der Waals surface area contributed by atoms with Gasteiger partial charge < -0.3 is 31.3 Å². The van der Waals surface area contributed by atoms with Gasteiger partial charge in [-0.05, 0) is 113 Å². The monoisotopic (exact) mass is 984 g/mol. The number of phenolic OH excluding ortho intramolecular Hbond substituents is 3. The Labute approximate surface area is 426 Å². The van der Waals surface area contributed by atoms with Gasteiger partial charge in [-0.15, -0.1) is 11.3 Å². The van der Waals surface area contributed by atoms with Crippen molar-refractivity contribution in [3.05, 3.63) is 136 Å². The van der Waals surface area contributed by atoms with Crippen molar-refractivity contribution in [3.8, 4) is 50.1 Å². The molecule has 12 heteroatoms. The highest BCUT2D eigenvalue weighted by atomic mass is 32.1. The number of aromatic hydroxyl groups is 3. The molecule has 6 rings (SSSR count). The van der Waals surface area contributed by atoms with Crippen molar-refractivity contribution >= 4 is 29.1 Å². The number of phenols is 3. The molecule has 0 radical (unpaired) electrons. The Morgan fingerprint density at radius 1 is 0.507 bits per heavy atom. The second-order valence-corrected chi connectivity index (χ2v) is 21.7. The van der Waals surface area contributed by atoms with Gasteiger partial charge in [0.05, 0.1) is 22.4 Å². The topological polar surface area (TPSA) is 174 Å². The maximum absolute atomic E-state index is 12.5. The zero-order valence-electron chi connectivity index (χ0n) is 44.0. The third-order valence-electron chi connectivity index (χ3n) is 11.7. The zero-order valence-corrected chi connectivity index (χ0v) is 44.9. The van der Waals surface area contributed by atoms with Crippen molar-refractivity contribution in [2.75, 3.05) is 19.6 Å². The van der Waals surface area contributed by atoms with Crippen LogP contribution in [0, 0.1) is 0 Å². The lowest BCUT2D eigenvalue weighted by Crippen LogP contribution is -2.25. The zero-order chi connectivity index (χ0) is 52.5. The highest BCUT2D eigenvalue weighted by Gasteiger charge is 2.27. The number of nitrogens with one attached hydrogen (secondary N) is 3. The predicted octanol–water partition coefficient (Wildman–Crippen LogP) is 13.5. The number of amides is 3. The lowest BCUT2D eigenvalue weighted by atomic mass is 9.83. The first-order valence-corrected chi connectivity index (χ1v) is 25.7. The van der Waals surface area contributed by atoms with E-state index in [1.807, 2.05) is 128 Å². The van der Waals surface area contributed by atoms with E-state index in [2.05, 4.69) is 46.7 Å². The summed E-state index contributed by atoms with van der Waals surface area (Å²) in [4.78, 5) is 47.1. The third-order valence-corrected chi connectivity index (χ3v) is 12.6. The maximum atomic E-state index is 12.5. The van der Waals surface area contributed by atoms with E-state index in [1.165, 1.54) is 0 Å². The second kappa shape index (κ2) is 26.1. The quantitative estimate of drug-likeness (QED) is 0.0552. The molecule has 0 spiro atoms. The molecule has 0 aliphatic carbocycles. The molecule has 0 aliphatic heterocycles. The minimum Gasteiger partial charge on any atom is -0.507 e. The number of unbranched alkanes of at least 4 members (excludes halogenated alkanes) is 3. The SMILES string of the molecule is CCCCNC(=O)c1cc(-c2ccccn2)cc(C(C)(C)C)c1O.CCCCNC(=O)c1cc(-c2cccnc2)cc(C(C)(C)C)c1O.CCCCNC(=O)c1cc(-c2cccs2)cc(C(C)(C)C)c1O. The Morgan fingerprint density at radius 3 is 1.32 bits per heavy atom.